The fourth-order valence-electron chi connectivity index (χ4n) is 1.61. The Labute approximate surface area is 106 Å². The molecular formula is C12H22F3NO2. The van der Waals surface area contributed by atoms with Crippen LogP contribution in [0.1, 0.15) is 41.0 Å². The fourth-order valence-corrected chi connectivity index (χ4v) is 1.61. The Kier molecular flexibility index (Phi) is 6.67. The molecule has 1 unspecified atom stereocenters. The largest absolute Gasteiger partial charge is 0.471 e. The van der Waals surface area contributed by atoms with Crippen LogP contribution in [-0.2, 0) is 9.53 Å². The van der Waals surface area contributed by atoms with Gasteiger partial charge in [-0.25, -0.2) is 0 Å². The van der Waals surface area contributed by atoms with Gasteiger partial charge in [-0.2, -0.15) is 13.2 Å². The lowest BCUT2D eigenvalue weighted by Crippen LogP contribution is -2.46. The lowest BCUT2D eigenvalue weighted by molar-refractivity contribution is -0.187. The Bertz CT molecular complexity index is 265. The van der Waals surface area contributed by atoms with Crippen molar-refractivity contribution < 1.29 is 22.7 Å². The second kappa shape index (κ2) is 6.97. The maximum Gasteiger partial charge on any atom is 0.471 e. The minimum absolute atomic E-state index is 0.0193. The molecule has 0 spiro atoms. The summed E-state index contributed by atoms with van der Waals surface area (Å²) in [4.78, 5) is 12.0. The number of hydrogen-bond acceptors (Lipinski definition) is 2. The third-order valence-electron chi connectivity index (χ3n) is 2.41. The monoisotopic (exact) mass is 269 g/mol. The van der Waals surface area contributed by atoms with Crippen LogP contribution in [0.2, 0.25) is 0 Å². The number of carbonyl (C=O) groups is 1. The van der Waals surface area contributed by atoms with Gasteiger partial charge in [-0.3, -0.25) is 4.79 Å². The van der Waals surface area contributed by atoms with E-state index in [9.17, 15) is 18.0 Å². The third-order valence-corrected chi connectivity index (χ3v) is 2.41. The first kappa shape index (κ1) is 17.2. The molecule has 0 aromatic heterocycles. The van der Waals surface area contributed by atoms with Crippen molar-refractivity contribution in [1.29, 1.82) is 0 Å². The van der Waals surface area contributed by atoms with Crippen LogP contribution >= 0.6 is 0 Å². The normalized spacial score (nSPS) is 14.1. The van der Waals surface area contributed by atoms with Crippen LogP contribution in [0.4, 0.5) is 13.2 Å². The molecule has 0 aromatic carbocycles. The lowest BCUT2D eigenvalue weighted by atomic mass is 10.2. The van der Waals surface area contributed by atoms with Gasteiger partial charge < -0.3 is 9.64 Å². The zero-order chi connectivity index (χ0) is 14.5. The standard InChI is InChI=1S/C12H22F3NO2/c1-8(2)16(11(17)12(13,14)15)7-6-10(5)18-9(3)4/h8-10H,6-7H2,1-5H3. The summed E-state index contributed by atoms with van der Waals surface area (Å²) in [5.41, 5.74) is 0. The number of amides is 1. The van der Waals surface area contributed by atoms with E-state index in [0.717, 1.165) is 4.90 Å². The molecular weight excluding hydrogens is 247 g/mol. The Morgan fingerprint density at radius 2 is 1.67 bits per heavy atom. The van der Waals surface area contributed by atoms with E-state index in [-0.39, 0.29) is 18.8 Å². The first-order valence-corrected chi connectivity index (χ1v) is 6.09. The average Bonchev–Trinajstić information content (AvgIpc) is 2.14. The summed E-state index contributed by atoms with van der Waals surface area (Å²) in [5, 5.41) is 0. The highest BCUT2D eigenvalue weighted by Gasteiger charge is 2.43. The zero-order valence-electron chi connectivity index (χ0n) is 11.5. The number of carbonyl (C=O) groups excluding carboxylic acids is 1. The van der Waals surface area contributed by atoms with Gasteiger partial charge in [0.05, 0.1) is 12.2 Å². The third kappa shape index (κ3) is 6.23. The van der Waals surface area contributed by atoms with Gasteiger partial charge in [0.15, 0.2) is 0 Å². The van der Waals surface area contributed by atoms with E-state index in [1.807, 2.05) is 13.8 Å². The minimum atomic E-state index is -4.81. The first-order valence-electron chi connectivity index (χ1n) is 6.09. The van der Waals surface area contributed by atoms with Crippen molar-refractivity contribution in [2.24, 2.45) is 0 Å². The molecule has 0 aromatic rings. The summed E-state index contributed by atoms with van der Waals surface area (Å²) in [5.74, 6) is -1.78. The topological polar surface area (TPSA) is 29.5 Å². The molecule has 1 atom stereocenters. The Balaban J connectivity index is 4.43. The number of nitrogens with zero attached hydrogens (tertiary/aromatic N) is 1. The summed E-state index contributed by atoms with van der Waals surface area (Å²) in [7, 11) is 0. The smallest absolute Gasteiger partial charge is 0.376 e. The summed E-state index contributed by atoms with van der Waals surface area (Å²) < 4.78 is 42.5. The van der Waals surface area contributed by atoms with Crippen LogP contribution in [0.5, 0.6) is 0 Å². The fraction of sp³-hybridized carbons (Fsp3) is 0.917. The average molecular weight is 269 g/mol. The molecule has 0 radical (unpaired) electrons. The molecule has 6 heteroatoms. The van der Waals surface area contributed by atoms with E-state index in [1.54, 1.807) is 20.8 Å². The Morgan fingerprint density at radius 1 is 1.17 bits per heavy atom. The number of halogens is 3. The molecule has 0 heterocycles. The van der Waals surface area contributed by atoms with E-state index >= 15 is 0 Å². The molecule has 0 saturated heterocycles. The summed E-state index contributed by atoms with van der Waals surface area (Å²) in [6, 6.07) is -0.481. The van der Waals surface area contributed by atoms with Gasteiger partial charge in [-0.1, -0.05) is 0 Å². The van der Waals surface area contributed by atoms with Crippen LogP contribution < -0.4 is 0 Å². The predicted molar refractivity (Wildman–Crippen MR) is 63.2 cm³/mol. The van der Waals surface area contributed by atoms with Crippen molar-refractivity contribution in [3.63, 3.8) is 0 Å². The van der Waals surface area contributed by atoms with Crippen molar-refractivity contribution in [2.45, 2.75) is 65.5 Å². The van der Waals surface area contributed by atoms with Crippen LogP contribution in [-0.4, -0.2) is 41.8 Å². The van der Waals surface area contributed by atoms with E-state index in [2.05, 4.69) is 0 Å². The zero-order valence-corrected chi connectivity index (χ0v) is 11.5. The maximum atomic E-state index is 12.4. The van der Waals surface area contributed by atoms with E-state index in [0.29, 0.717) is 6.42 Å². The van der Waals surface area contributed by atoms with Crippen LogP contribution in [0.15, 0.2) is 0 Å². The Hall–Kier alpha value is -0.780. The number of ether oxygens (including phenoxy) is 1. The van der Waals surface area contributed by atoms with Gasteiger partial charge in [0, 0.05) is 12.6 Å². The van der Waals surface area contributed by atoms with E-state index < -0.39 is 18.1 Å². The summed E-state index contributed by atoms with van der Waals surface area (Å²) in [6.07, 6.45) is -4.58. The molecule has 18 heavy (non-hydrogen) atoms. The second-order valence-electron chi connectivity index (χ2n) is 4.87. The number of hydrogen-bond donors (Lipinski definition) is 0. The van der Waals surface area contributed by atoms with Crippen molar-refractivity contribution in [2.75, 3.05) is 6.54 Å². The van der Waals surface area contributed by atoms with Crippen molar-refractivity contribution in [1.82, 2.24) is 4.90 Å². The van der Waals surface area contributed by atoms with Crippen LogP contribution in [0.25, 0.3) is 0 Å². The molecule has 0 bridgehead atoms. The SMILES string of the molecule is CC(C)OC(C)CCN(C(=O)C(F)(F)F)C(C)C. The molecule has 0 aliphatic carbocycles. The van der Waals surface area contributed by atoms with Crippen molar-refractivity contribution in [3.05, 3.63) is 0 Å². The molecule has 0 aliphatic heterocycles. The molecule has 1 amide bonds. The lowest BCUT2D eigenvalue weighted by Gasteiger charge is -2.29. The highest BCUT2D eigenvalue weighted by atomic mass is 19.4. The summed E-state index contributed by atoms with van der Waals surface area (Å²) >= 11 is 0. The quantitative estimate of drug-likeness (QED) is 0.742. The van der Waals surface area contributed by atoms with Gasteiger partial charge in [-0.15, -0.1) is 0 Å². The van der Waals surface area contributed by atoms with E-state index in [4.69, 9.17) is 4.74 Å². The van der Waals surface area contributed by atoms with Gasteiger partial charge in [0.2, 0.25) is 0 Å². The predicted octanol–water partition coefficient (Wildman–Crippen LogP) is 2.99. The summed E-state index contributed by atoms with van der Waals surface area (Å²) in [6.45, 7) is 8.69. The molecule has 108 valence electrons. The van der Waals surface area contributed by atoms with Gasteiger partial charge in [0.25, 0.3) is 0 Å². The minimum Gasteiger partial charge on any atom is -0.376 e. The van der Waals surface area contributed by atoms with Gasteiger partial charge >= 0.3 is 12.1 Å². The van der Waals surface area contributed by atoms with Crippen molar-refractivity contribution >= 4 is 5.91 Å². The molecule has 0 saturated carbocycles. The second-order valence-corrected chi connectivity index (χ2v) is 4.87. The van der Waals surface area contributed by atoms with Crippen molar-refractivity contribution in [3.8, 4) is 0 Å². The van der Waals surface area contributed by atoms with E-state index in [1.165, 1.54) is 0 Å². The van der Waals surface area contributed by atoms with Gasteiger partial charge in [-0.05, 0) is 41.0 Å². The number of rotatable bonds is 6. The van der Waals surface area contributed by atoms with Crippen LogP contribution in [0.3, 0.4) is 0 Å². The van der Waals surface area contributed by atoms with Gasteiger partial charge in [0.1, 0.15) is 0 Å². The number of alkyl halides is 3. The molecule has 0 fully saturated rings. The Morgan fingerprint density at radius 3 is 2.00 bits per heavy atom. The maximum absolute atomic E-state index is 12.4. The highest BCUT2D eigenvalue weighted by Crippen LogP contribution is 2.20. The molecule has 3 nitrogen and oxygen atoms in total. The highest BCUT2D eigenvalue weighted by molar-refractivity contribution is 5.82. The molecule has 0 N–H and O–H groups in total. The molecule has 0 rings (SSSR count). The first-order chi connectivity index (χ1) is 8.05. The molecule has 0 aliphatic rings. The van der Waals surface area contributed by atoms with Crippen LogP contribution in [0, 0.1) is 0 Å².